The predicted octanol–water partition coefficient (Wildman–Crippen LogP) is 3.28. The Morgan fingerprint density at radius 2 is 2.03 bits per heavy atom. The molecule has 2 aromatic rings. The lowest BCUT2D eigenvalue weighted by molar-refractivity contribution is 0.372. The molecule has 0 unspecified atom stereocenters. The average molecular weight is 527 g/mol. The molecule has 30 heavy (non-hydrogen) atoms. The van der Waals surface area contributed by atoms with Crippen LogP contribution in [0.3, 0.4) is 0 Å². The summed E-state index contributed by atoms with van der Waals surface area (Å²) in [6, 6.07) is 6.61. The summed E-state index contributed by atoms with van der Waals surface area (Å²) in [6.45, 7) is 11.7. The fraction of sp³-hybridized carbons (Fsp3) is 0.619. The number of hydrogen-bond acceptors (Lipinski definition) is 6. The highest BCUT2D eigenvalue weighted by atomic mass is 127. The molecule has 0 aliphatic carbocycles. The number of piperidine rings is 1. The van der Waals surface area contributed by atoms with Gasteiger partial charge in [0.25, 0.3) is 0 Å². The van der Waals surface area contributed by atoms with Gasteiger partial charge >= 0.3 is 0 Å². The molecular weight excluding hydrogens is 493 g/mol. The van der Waals surface area contributed by atoms with Crippen molar-refractivity contribution in [3.63, 3.8) is 0 Å². The Balaban J connectivity index is 0.00000320. The number of guanidine groups is 1. The maximum atomic E-state index is 5.30. The molecule has 166 valence electrons. The Bertz CT molecular complexity index is 800. The summed E-state index contributed by atoms with van der Waals surface area (Å²) in [6.07, 6.45) is 2.76. The summed E-state index contributed by atoms with van der Waals surface area (Å²) in [5, 5.41) is 10.9. The average Bonchev–Trinajstić information content (AvgIpc) is 3.18. The molecule has 9 heteroatoms. The van der Waals surface area contributed by atoms with Crippen LogP contribution >= 0.6 is 24.0 Å². The lowest BCUT2D eigenvalue weighted by atomic mass is 10.1. The van der Waals surface area contributed by atoms with Crippen molar-refractivity contribution >= 4 is 35.8 Å². The van der Waals surface area contributed by atoms with Crippen LogP contribution in [-0.4, -0.2) is 53.3 Å². The summed E-state index contributed by atoms with van der Waals surface area (Å²) >= 11 is 0. The van der Waals surface area contributed by atoms with E-state index in [2.05, 4.69) is 68.6 Å². The first-order chi connectivity index (χ1) is 14.0. The van der Waals surface area contributed by atoms with E-state index in [-0.39, 0.29) is 29.9 Å². The van der Waals surface area contributed by atoms with Crippen LogP contribution in [-0.2, 0) is 6.42 Å². The molecule has 2 N–H and O–H groups in total. The van der Waals surface area contributed by atoms with Crippen LogP contribution in [0.4, 0.5) is 5.82 Å². The van der Waals surface area contributed by atoms with Gasteiger partial charge in [-0.1, -0.05) is 25.1 Å². The summed E-state index contributed by atoms with van der Waals surface area (Å²) < 4.78 is 5.30. The number of nitrogens with zero attached hydrogens (tertiary/aromatic N) is 5. The van der Waals surface area contributed by atoms with Gasteiger partial charge < -0.3 is 20.1 Å². The van der Waals surface area contributed by atoms with E-state index in [0.29, 0.717) is 24.9 Å². The van der Waals surface area contributed by atoms with E-state index in [4.69, 9.17) is 4.52 Å². The molecule has 0 atom stereocenters. The lowest BCUT2D eigenvalue weighted by Crippen LogP contribution is -2.49. The largest absolute Gasteiger partial charge is 0.357 e. The third-order valence-corrected chi connectivity index (χ3v) is 4.97. The Hall–Kier alpha value is -1.91. The monoisotopic (exact) mass is 527 g/mol. The van der Waals surface area contributed by atoms with Crippen LogP contribution in [0.25, 0.3) is 0 Å². The molecule has 0 bridgehead atoms. The second kappa shape index (κ2) is 12.1. The molecule has 0 saturated carbocycles. The number of halogens is 1. The Morgan fingerprint density at radius 1 is 1.27 bits per heavy atom. The van der Waals surface area contributed by atoms with E-state index in [9.17, 15) is 0 Å². The van der Waals surface area contributed by atoms with Crippen molar-refractivity contribution in [2.75, 3.05) is 31.1 Å². The summed E-state index contributed by atoms with van der Waals surface area (Å²) in [4.78, 5) is 16.1. The zero-order valence-electron chi connectivity index (χ0n) is 18.4. The molecule has 0 amide bonds. The third kappa shape index (κ3) is 7.10. The highest BCUT2D eigenvalue weighted by Gasteiger charge is 2.21. The molecule has 3 heterocycles. The number of aromatic nitrogens is 3. The number of rotatable bonds is 7. The summed E-state index contributed by atoms with van der Waals surface area (Å²) in [7, 11) is 0. The highest BCUT2D eigenvalue weighted by Crippen LogP contribution is 2.18. The van der Waals surface area contributed by atoms with Gasteiger partial charge in [-0.2, -0.15) is 4.98 Å². The number of aliphatic imine (C=N–C) groups is 1. The quantitative estimate of drug-likeness (QED) is 0.325. The summed E-state index contributed by atoms with van der Waals surface area (Å²) in [5.74, 6) is 3.60. The molecule has 0 aromatic carbocycles. The Labute approximate surface area is 196 Å². The van der Waals surface area contributed by atoms with Crippen molar-refractivity contribution in [3.05, 3.63) is 35.6 Å². The smallest absolute Gasteiger partial charge is 0.228 e. The van der Waals surface area contributed by atoms with E-state index in [1.807, 2.05) is 13.0 Å². The van der Waals surface area contributed by atoms with Gasteiger partial charge in [0.05, 0.1) is 6.54 Å². The van der Waals surface area contributed by atoms with Crippen LogP contribution in [0, 0.1) is 6.92 Å². The standard InChI is InChI=1S/C21H33N7O.HI/c1-5-22-21(23-12-9-19-26-20(15(2)3)27-29-19)25-17-10-13-28(14-11-17)18-8-6-7-16(4)24-18;/h6-8,15,17H,5,9-14H2,1-4H3,(H2,22,23,25);1H. The van der Waals surface area contributed by atoms with Crippen molar-refractivity contribution < 1.29 is 4.52 Å². The topological polar surface area (TPSA) is 91.5 Å². The first-order valence-electron chi connectivity index (χ1n) is 10.6. The van der Waals surface area contributed by atoms with Crippen LogP contribution in [0.5, 0.6) is 0 Å². The van der Waals surface area contributed by atoms with Gasteiger partial charge in [0.15, 0.2) is 11.8 Å². The minimum atomic E-state index is 0. The van der Waals surface area contributed by atoms with Crippen LogP contribution in [0.15, 0.2) is 27.7 Å². The molecule has 0 spiro atoms. The first kappa shape index (κ1) is 24.4. The SMILES string of the molecule is CCNC(=NCCc1nc(C(C)C)no1)NC1CCN(c2cccc(C)n2)CC1.I. The van der Waals surface area contributed by atoms with Crippen molar-refractivity contribution in [2.24, 2.45) is 4.99 Å². The number of nitrogens with one attached hydrogen (secondary N) is 2. The van der Waals surface area contributed by atoms with Crippen LogP contribution in [0.1, 0.15) is 56.9 Å². The highest BCUT2D eigenvalue weighted by molar-refractivity contribution is 14.0. The van der Waals surface area contributed by atoms with Gasteiger partial charge in [-0.25, -0.2) is 4.98 Å². The number of anilines is 1. The first-order valence-corrected chi connectivity index (χ1v) is 10.6. The van der Waals surface area contributed by atoms with Gasteiger partial charge in [0.1, 0.15) is 5.82 Å². The van der Waals surface area contributed by atoms with Gasteiger partial charge in [-0.3, -0.25) is 4.99 Å². The zero-order valence-corrected chi connectivity index (χ0v) is 20.7. The fourth-order valence-corrected chi connectivity index (χ4v) is 3.34. The van der Waals surface area contributed by atoms with Crippen LogP contribution < -0.4 is 15.5 Å². The minimum Gasteiger partial charge on any atom is -0.357 e. The third-order valence-electron chi connectivity index (χ3n) is 4.97. The summed E-state index contributed by atoms with van der Waals surface area (Å²) in [5.41, 5.74) is 1.06. The molecule has 8 nitrogen and oxygen atoms in total. The van der Waals surface area contributed by atoms with E-state index in [0.717, 1.165) is 55.8 Å². The van der Waals surface area contributed by atoms with Crippen molar-refractivity contribution in [1.82, 2.24) is 25.8 Å². The number of pyridine rings is 1. The Morgan fingerprint density at radius 3 is 2.67 bits per heavy atom. The lowest BCUT2D eigenvalue weighted by Gasteiger charge is -2.34. The zero-order chi connectivity index (χ0) is 20.6. The molecular formula is C21H34IN7O. The second-order valence-electron chi connectivity index (χ2n) is 7.75. The molecule has 3 rings (SSSR count). The molecule has 1 aliphatic heterocycles. The fourth-order valence-electron chi connectivity index (χ4n) is 3.34. The molecule has 1 aliphatic rings. The Kier molecular flexibility index (Phi) is 9.80. The van der Waals surface area contributed by atoms with E-state index < -0.39 is 0 Å². The molecule has 2 aromatic heterocycles. The second-order valence-corrected chi connectivity index (χ2v) is 7.75. The van der Waals surface area contributed by atoms with Gasteiger partial charge in [-0.15, -0.1) is 24.0 Å². The minimum absolute atomic E-state index is 0. The van der Waals surface area contributed by atoms with Crippen molar-refractivity contribution in [2.45, 2.75) is 58.9 Å². The molecule has 0 radical (unpaired) electrons. The maximum Gasteiger partial charge on any atom is 0.228 e. The van der Waals surface area contributed by atoms with Gasteiger partial charge in [0, 0.05) is 43.7 Å². The van der Waals surface area contributed by atoms with Gasteiger partial charge in [-0.05, 0) is 38.8 Å². The predicted molar refractivity (Wildman–Crippen MR) is 131 cm³/mol. The molecule has 1 fully saturated rings. The van der Waals surface area contributed by atoms with Crippen molar-refractivity contribution in [3.8, 4) is 0 Å². The molecule has 1 saturated heterocycles. The van der Waals surface area contributed by atoms with E-state index in [1.165, 1.54) is 0 Å². The normalized spacial score (nSPS) is 15.2. The maximum absolute atomic E-state index is 5.30. The van der Waals surface area contributed by atoms with E-state index >= 15 is 0 Å². The van der Waals surface area contributed by atoms with E-state index in [1.54, 1.807) is 0 Å². The van der Waals surface area contributed by atoms with Gasteiger partial charge in [0.2, 0.25) is 5.89 Å². The number of hydrogen-bond donors (Lipinski definition) is 2. The van der Waals surface area contributed by atoms with Crippen molar-refractivity contribution in [1.29, 1.82) is 0 Å². The van der Waals surface area contributed by atoms with Crippen LogP contribution in [0.2, 0.25) is 0 Å². The number of aryl methyl sites for hydroxylation is 1.